The van der Waals surface area contributed by atoms with E-state index in [0.717, 1.165) is 55.0 Å². The minimum atomic E-state index is -0.945. The molecule has 2 atom stereocenters. The third kappa shape index (κ3) is 4.51. The highest BCUT2D eigenvalue weighted by Gasteiger charge is 2.24. The lowest BCUT2D eigenvalue weighted by molar-refractivity contribution is 0.0987. The molecule has 0 radical (unpaired) electrons. The number of carbonyl (C=O) groups is 1. The summed E-state index contributed by atoms with van der Waals surface area (Å²) in [6.07, 6.45) is 7.20. The molecule has 1 aliphatic carbocycles. The molecule has 0 saturated heterocycles. The maximum absolute atomic E-state index is 14.3. The van der Waals surface area contributed by atoms with Gasteiger partial charge in [-0.3, -0.25) is 9.78 Å². The molecule has 2 heterocycles. The number of Topliss-reactive ketones (excluding diaryl/α,β-unsaturated/α-hetero) is 1. The fourth-order valence-corrected chi connectivity index (χ4v) is 4.25. The van der Waals surface area contributed by atoms with Crippen LogP contribution in [0.25, 0.3) is 11.3 Å². The lowest BCUT2D eigenvalue weighted by Gasteiger charge is -2.28. The van der Waals surface area contributed by atoms with Crippen LogP contribution in [-0.4, -0.2) is 21.8 Å². The lowest BCUT2D eigenvalue weighted by Crippen LogP contribution is -2.27. The molecule has 0 bridgehead atoms. The Hall–Kier alpha value is -3.06. The van der Waals surface area contributed by atoms with E-state index in [0.29, 0.717) is 0 Å². The van der Waals surface area contributed by atoms with Gasteiger partial charge < -0.3 is 5.73 Å². The zero-order valence-electron chi connectivity index (χ0n) is 16.8. The number of pyridine rings is 2. The minimum Gasteiger partial charge on any atom is -0.328 e. The molecule has 160 valence electrons. The maximum atomic E-state index is 14.3. The van der Waals surface area contributed by atoms with E-state index in [1.54, 1.807) is 12.4 Å². The van der Waals surface area contributed by atoms with Crippen molar-refractivity contribution in [3.8, 4) is 11.3 Å². The minimum absolute atomic E-state index is 0.00668. The Balaban J connectivity index is 1.64. The van der Waals surface area contributed by atoms with Gasteiger partial charge in [0.15, 0.2) is 5.78 Å². The molecule has 1 saturated carbocycles. The van der Waals surface area contributed by atoms with Crippen LogP contribution in [0.1, 0.15) is 53.2 Å². The Morgan fingerprint density at radius 2 is 1.81 bits per heavy atom. The van der Waals surface area contributed by atoms with E-state index in [-0.39, 0.29) is 29.9 Å². The number of nitrogens with zero attached hydrogens (tertiary/aromatic N) is 2. The van der Waals surface area contributed by atoms with Crippen molar-refractivity contribution in [3.63, 3.8) is 0 Å². The first-order valence-electron chi connectivity index (χ1n) is 10.3. The molecule has 2 aromatic heterocycles. The van der Waals surface area contributed by atoms with Crippen LogP contribution in [0.15, 0.2) is 48.8 Å². The van der Waals surface area contributed by atoms with Crippen LogP contribution in [0.5, 0.6) is 0 Å². The van der Waals surface area contributed by atoms with Gasteiger partial charge >= 0.3 is 0 Å². The molecule has 0 unspecified atom stereocenters. The standard InChI is InChI=1S/C24H22F3N3O/c25-18-5-2-6-19(26)23(18)24-20(27)7-8-21(30-24)22(31)12-15-13-29-10-9-17(15)14-3-1-4-16(28)11-14/h2,5-10,13-14,16H,1,3-4,11-12,28H2/t14-,16+/m1/s1. The van der Waals surface area contributed by atoms with Gasteiger partial charge in [0.25, 0.3) is 0 Å². The topological polar surface area (TPSA) is 68.9 Å². The van der Waals surface area contributed by atoms with E-state index in [4.69, 9.17) is 5.73 Å². The van der Waals surface area contributed by atoms with Gasteiger partial charge in [0.1, 0.15) is 28.8 Å². The van der Waals surface area contributed by atoms with Crippen LogP contribution >= 0.6 is 0 Å². The summed E-state index contributed by atoms with van der Waals surface area (Å²) in [6, 6.07) is 7.49. The predicted molar refractivity (Wildman–Crippen MR) is 111 cm³/mol. The van der Waals surface area contributed by atoms with Crippen molar-refractivity contribution in [1.82, 2.24) is 9.97 Å². The van der Waals surface area contributed by atoms with E-state index in [9.17, 15) is 18.0 Å². The van der Waals surface area contributed by atoms with Gasteiger partial charge in [-0.2, -0.15) is 0 Å². The molecular formula is C24H22F3N3O. The second-order valence-electron chi connectivity index (χ2n) is 7.92. The molecule has 31 heavy (non-hydrogen) atoms. The van der Waals surface area contributed by atoms with E-state index in [1.165, 1.54) is 12.1 Å². The van der Waals surface area contributed by atoms with Crippen molar-refractivity contribution in [3.05, 3.63) is 83.1 Å². The van der Waals surface area contributed by atoms with E-state index >= 15 is 0 Å². The van der Waals surface area contributed by atoms with E-state index in [2.05, 4.69) is 9.97 Å². The number of aromatic nitrogens is 2. The molecular weight excluding hydrogens is 403 g/mol. The number of ketones is 1. The molecule has 0 amide bonds. The lowest BCUT2D eigenvalue weighted by atomic mass is 9.80. The summed E-state index contributed by atoms with van der Waals surface area (Å²) in [7, 11) is 0. The Labute approximate surface area is 178 Å². The first-order chi connectivity index (χ1) is 14.9. The summed E-state index contributed by atoms with van der Waals surface area (Å²) < 4.78 is 42.6. The number of hydrogen-bond donors (Lipinski definition) is 1. The van der Waals surface area contributed by atoms with Crippen molar-refractivity contribution in [2.45, 2.75) is 44.1 Å². The van der Waals surface area contributed by atoms with Crippen LogP contribution in [-0.2, 0) is 6.42 Å². The number of halogens is 3. The van der Waals surface area contributed by atoms with Crippen LogP contribution in [0.4, 0.5) is 13.2 Å². The number of nitrogens with two attached hydrogens (primary N) is 1. The molecule has 0 spiro atoms. The zero-order chi connectivity index (χ0) is 22.0. The SMILES string of the molecule is N[C@H]1CCC[C@@H](c2ccncc2CC(=O)c2ccc(F)c(-c3c(F)cccc3F)n2)C1. The van der Waals surface area contributed by atoms with Crippen LogP contribution in [0.2, 0.25) is 0 Å². The van der Waals surface area contributed by atoms with Gasteiger partial charge in [-0.25, -0.2) is 18.2 Å². The third-order valence-electron chi connectivity index (χ3n) is 5.78. The van der Waals surface area contributed by atoms with Gasteiger partial charge in [0.2, 0.25) is 0 Å². The first-order valence-corrected chi connectivity index (χ1v) is 10.3. The number of carbonyl (C=O) groups excluding carboxylic acids is 1. The highest BCUT2D eigenvalue weighted by molar-refractivity contribution is 5.96. The largest absolute Gasteiger partial charge is 0.328 e. The van der Waals surface area contributed by atoms with E-state index < -0.39 is 28.7 Å². The number of hydrogen-bond acceptors (Lipinski definition) is 4. The molecule has 4 rings (SSSR count). The second-order valence-corrected chi connectivity index (χ2v) is 7.92. The Morgan fingerprint density at radius 1 is 1.03 bits per heavy atom. The van der Waals surface area contributed by atoms with Crippen molar-refractivity contribution in [2.75, 3.05) is 0 Å². The average Bonchev–Trinajstić information content (AvgIpc) is 2.75. The van der Waals surface area contributed by atoms with Gasteiger partial charge in [-0.1, -0.05) is 12.5 Å². The third-order valence-corrected chi connectivity index (χ3v) is 5.78. The molecule has 0 aliphatic heterocycles. The monoisotopic (exact) mass is 425 g/mol. The molecule has 4 nitrogen and oxygen atoms in total. The molecule has 7 heteroatoms. The number of rotatable bonds is 5. The fraction of sp³-hybridized carbons (Fsp3) is 0.292. The zero-order valence-corrected chi connectivity index (χ0v) is 16.8. The smallest absolute Gasteiger partial charge is 0.185 e. The molecule has 1 fully saturated rings. The number of benzene rings is 1. The summed E-state index contributed by atoms with van der Waals surface area (Å²) in [5.74, 6) is -2.93. The molecule has 3 aromatic rings. The Bertz CT molecular complexity index is 1100. The average molecular weight is 425 g/mol. The summed E-state index contributed by atoms with van der Waals surface area (Å²) in [5.41, 5.74) is 6.74. The van der Waals surface area contributed by atoms with Gasteiger partial charge in [-0.05, 0) is 66.6 Å². The highest BCUT2D eigenvalue weighted by atomic mass is 19.1. The summed E-state index contributed by atoms with van der Waals surface area (Å²) in [6.45, 7) is 0. The molecule has 2 N–H and O–H groups in total. The van der Waals surface area contributed by atoms with E-state index in [1.807, 2.05) is 6.07 Å². The Morgan fingerprint density at radius 3 is 2.55 bits per heavy atom. The second kappa shape index (κ2) is 8.98. The van der Waals surface area contributed by atoms with Gasteiger partial charge in [0, 0.05) is 24.9 Å². The van der Waals surface area contributed by atoms with Crippen molar-refractivity contribution in [1.29, 1.82) is 0 Å². The normalized spacial score (nSPS) is 18.7. The van der Waals surface area contributed by atoms with Crippen molar-refractivity contribution in [2.24, 2.45) is 5.73 Å². The van der Waals surface area contributed by atoms with Gasteiger partial charge in [0.05, 0.1) is 5.56 Å². The molecule has 1 aromatic carbocycles. The van der Waals surface area contributed by atoms with Crippen molar-refractivity contribution < 1.29 is 18.0 Å². The van der Waals surface area contributed by atoms with Crippen molar-refractivity contribution >= 4 is 5.78 Å². The Kier molecular flexibility index (Phi) is 6.13. The maximum Gasteiger partial charge on any atom is 0.185 e. The summed E-state index contributed by atoms with van der Waals surface area (Å²) >= 11 is 0. The van der Waals surface area contributed by atoms with Crippen LogP contribution < -0.4 is 5.73 Å². The molecule has 1 aliphatic rings. The van der Waals surface area contributed by atoms with Crippen LogP contribution in [0, 0.1) is 17.5 Å². The quantitative estimate of drug-likeness (QED) is 0.586. The highest BCUT2D eigenvalue weighted by Crippen LogP contribution is 2.34. The predicted octanol–water partition coefficient (Wildman–Crippen LogP) is 4.97. The fourth-order valence-electron chi connectivity index (χ4n) is 4.25. The summed E-state index contributed by atoms with van der Waals surface area (Å²) in [4.78, 5) is 21.1. The van der Waals surface area contributed by atoms with Crippen LogP contribution in [0.3, 0.4) is 0 Å². The first kappa shape index (κ1) is 21.2. The van der Waals surface area contributed by atoms with Gasteiger partial charge in [-0.15, -0.1) is 0 Å². The summed E-state index contributed by atoms with van der Waals surface area (Å²) in [5, 5.41) is 0.